The van der Waals surface area contributed by atoms with Crippen molar-refractivity contribution in [2.45, 2.75) is 32.6 Å². The maximum absolute atomic E-state index is 12.1. The minimum absolute atomic E-state index is 0.00117. The average Bonchev–Trinajstić information content (AvgIpc) is 2.65. The van der Waals surface area contributed by atoms with Crippen molar-refractivity contribution in [3.63, 3.8) is 0 Å². The van der Waals surface area contributed by atoms with Crippen LogP contribution in [0.2, 0.25) is 0 Å². The van der Waals surface area contributed by atoms with E-state index in [4.69, 9.17) is 4.74 Å². The van der Waals surface area contributed by atoms with Gasteiger partial charge in [0, 0.05) is 18.4 Å². The second-order valence-corrected chi connectivity index (χ2v) is 5.88. The van der Waals surface area contributed by atoms with Crippen LogP contribution in [0.4, 0.5) is 0 Å². The highest BCUT2D eigenvalue weighted by Gasteiger charge is 2.09. The van der Waals surface area contributed by atoms with E-state index in [1.807, 2.05) is 54.6 Å². The van der Waals surface area contributed by atoms with Crippen molar-refractivity contribution in [1.82, 2.24) is 5.32 Å². The summed E-state index contributed by atoms with van der Waals surface area (Å²) in [5.41, 5.74) is 1.90. The second-order valence-electron chi connectivity index (χ2n) is 5.88. The van der Waals surface area contributed by atoms with Gasteiger partial charge in [-0.1, -0.05) is 55.8 Å². The van der Waals surface area contributed by atoms with Gasteiger partial charge in [-0.2, -0.15) is 0 Å². The first-order valence-corrected chi connectivity index (χ1v) is 8.75. The van der Waals surface area contributed by atoms with Gasteiger partial charge >= 0.3 is 0 Å². The first-order valence-electron chi connectivity index (χ1n) is 8.75. The number of ketones is 1. The van der Waals surface area contributed by atoms with Crippen LogP contribution in [0.5, 0.6) is 5.75 Å². The lowest BCUT2D eigenvalue weighted by atomic mass is 10.0. The molecule has 25 heavy (non-hydrogen) atoms. The summed E-state index contributed by atoms with van der Waals surface area (Å²) in [5, 5.41) is 2.77. The average molecular weight is 339 g/mol. The summed E-state index contributed by atoms with van der Waals surface area (Å²) in [6, 6.07) is 17.1. The molecule has 0 heterocycles. The Bertz CT molecular complexity index is 665. The molecule has 4 nitrogen and oxygen atoms in total. The van der Waals surface area contributed by atoms with Gasteiger partial charge in [-0.05, 0) is 24.1 Å². The highest BCUT2D eigenvalue weighted by molar-refractivity contribution is 5.97. The Morgan fingerprint density at radius 2 is 1.68 bits per heavy atom. The number of nitrogens with one attached hydrogen (secondary N) is 1. The van der Waals surface area contributed by atoms with Crippen LogP contribution in [0.1, 0.15) is 42.1 Å². The third-order valence-electron chi connectivity index (χ3n) is 3.83. The van der Waals surface area contributed by atoms with Crippen LogP contribution in [0.25, 0.3) is 0 Å². The number of carbonyl (C=O) groups excluding carboxylic acids is 2. The molecule has 0 bridgehead atoms. The van der Waals surface area contributed by atoms with Crippen molar-refractivity contribution in [2.24, 2.45) is 0 Å². The summed E-state index contributed by atoms with van der Waals surface area (Å²) < 4.78 is 5.50. The molecule has 0 radical (unpaired) electrons. The molecule has 132 valence electrons. The number of carbonyl (C=O) groups is 2. The quantitative estimate of drug-likeness (QED) is 0.529. The summed E-state index contributed by atoms with van der Waals surface area (Å²) in [6.45, 7) is 2.96. The lowest BCUT2D eigenvalue weighted by molar-refractivity contribution is -0.121. The van der Waals surface area contributed by atoms with E-state index in [9.17, 15) is 9.59 Å². The van der Waals surface area contributed by atoms with E-state index in [0.717, 1.165) is 18.6 Å². The van der Waals surface area contributed by atoms with Crippen LogP contribution < -0.4 is 10.1 Å². The zero-order chi connectivity index (χ0) is 17.9. The zero-order valence-corrected chi connectivity index (χ0v) is 14.7. The van der Waals surface area contributed by atoms with Gasteiger partial charge in [-0.15, -0.1) is 0 Å². The van der Waals surface area contributed by atoms with E-state index in [-0.39, 0.29) is 24.5 Å². The fourth-order valence-corrected chi connectivity index (χ4v) is 2.48. The molecule has 2 aromatic rings. The number of amides is 1. The summed E-state index contributed by atoms with van der Waals surface area (Å²) in [7, 11) is 0. The van der Waals surface area contributed by atoms with E-state index in [1.54, 1.807) is 0 Å². The van der Waals surface area contributed by atoms with Crippen molar-refractivity contribution in [2.75, 3.05) is 13.2 Å². The lowest BCUT2D eigenvalue weighted by Gasteiger charge is -2.07. The third-order valence-corrected chi connectivity index (χ3v) is 3.83. The molecular weight excluding hydrogens is 314 g/mol. The number of Topliss-reactive ketones (excluding diaryl/α,β-unsaturated/α-hetero) is 1. The maximum Gasteiger partial charge on any atom is 0.220 e. The number of hydrogen-bond acceptors (Lipinski definition) is 3. The van der Waals surface area contributed by atoms with Crippen LogP contribution in [0, 0.1) is 0 Å². The normalized spacial score (nSPS) is 10.3. The Balaban J connectivity index is 1.64. The second kappa shape index (κ2) is 10.3. The van der Waals surface area contributed by atoms with Gasteiger partial charge in [0.25, 0.3) is 0 Å². The van der Waals surface area contributed by atoms with Crippen molar-refractivity contribution in [1.29, 1.82) is 0 Å². The number of ether oxygens (including phenoxy) is 1. The highest BCUT2D eigenvalue weighted by atomic mass is 16.5. The molecule has 2 aromatic carbocycles. The van der Waals surface area contributed by atoms with Crippen molar-refractivity contribution in [3.05, 3.63) is 65.7 Å². The number of hydrogen-bond donors (Lipinski definition) is 1. The molecular formula is C21H25NO3. The smallest absolute Gasteiger partial charge is 0.220 e. The van der Waals surface area contributed by atoms with Gasteiger partial charge in [0.05, 0.1) is 6.54 Å². The number of benzene rings is 2. The summed E-state index contributed by atoms with van der Waals surface area (Å²) in [6.07, 6.45) is 2.52. The predicted octanol–water partition coefficient (Wildman–Crippen LogP) is 3.80. The largest absolute Gasteiger partial charge is 0.492 e. The van der Waals surface area contributed by atoms with E-state index in [0.29, 0.717) is 18.7 Å². The molecule has 0 atom stereocenters. The minimum atomic E-state index is -0.132. The molecule has 0 aliphatic carbocycles. The lowest BCUT2D eigenvalue weighted by Crippen LogP contribution is -2.28. The van der Waals surface area contributed by atoms with Crippen molar-refractivity contribution < 1.29 is 14.3 Å². The first-order chi connectivity index (χ1) is 12.2. The van der Waals surface area contributed by atoms with Crippen molar-refractivity contribution in [3.8, 4) is 5.75 Å². The van der Waals surface area contributed by atoms with Crippen LogP contribution >= 0.6 is 0 Å². The van der Waals surface area contributed by atoms with Crippen LogP contribution in [-0.2, 0) is 11.2 Å². The van der Waals surface area contributed by atoms with E-state index >= 15 is 0 Å². The fourth-order valence-electron chi connectivity index (χ4n) is 2.48. The number of aryl methyl sites for hydroxylation is 1. The van der Waals surface area contributed by atoms with Crippen LogP contribution in [0.15, 0.2) is 54.6 Å². The minimum Gasteiger partial charge on any atom is -0.492 e. The first kappa shape index (κ1) is 18.7. The van der Waals surface area contributed by atoms with Crippen LogP contribution in [0.3, 0.4) is 0 Å². The predicted molar refractivity (Wildman–Crippen MR) is 98.9 cm³/mol. The third kappa shape index (κ3) is 6.79. The van der Waals surface area contributed by atoms with E-state index in [1.165, 1.54) is 5.56 Å². The molecule has 0 saturated heterocycles. The topological polar surface area (TPSA) is 55.4 Å². The van der Waals surface area contributed by atoms with Gasteiger partial charge in [0.2, 0.25) is 5.91 Å². The Kier molecular flexibility index (Phi) is 7.70. The van der Waals surface area contributed by atoms with Crippen molar-refractivity contribution >= 4 is 11.7 Å². The Labute approximate surface area is 149 Å². The monoisotopic (exact) mass is 339 g/mol. The van der Waals surface area contributed by atoms with E-state index < -0.39 is 0 Å². The Hall–Kier alpha value is -2.62. The standard InChI is InChI=1S/C21H25NO3/c1-2-6-17-9-11-18(12-10-17)20(23)13-14-21(24)22-15-16-25-19-7-4-3-5-8-19/h3-5,7-12H,2,6,13-16H2,1H3,(H,22,24). The van der Waals surface area contributed by atoms with E-state index in [2.05, 4.69) is 12.2 Å². The van der Waals surface area contributed by atoms with Gasteiger partial charge in [-0.25, -0.2) is 0 Å². The Morgan fingerprint density at radius 1 is 0.960 bits per heavy atom. The van der Waals surface area contributed by atoms with Crippen LogP contribution in [-0.4, -0.2) is 24.8 Å². The van der Waals surface area contributed by atoms with Gasteiger partial charge in [0.1, 0.15) is 12.4 Å². The molecule has 0 spiro atoms. The van der Waals surface area contributed by atoms with Gasteiger partial charge in [0.15, 0.2) is 5.78 Å². The Morgan fingerprint density at radius 3 is 2.36 bits per heavy atom. The summed E-state index contributed by atoms with van der Waals surface area (Å²) in [4.78, 5) is 23.9. The molecule has 0 aliphatic heterocycles. The zero-order valence-electron chi connectivity index (χ0n) is 14.7. The maximum atomic E-state index is 12.1. The fraction of sp³-hybridized carbons (Fsp3) is 0.333. The van der Waals surface area contributed by atoms with Gasteiger partial charge < -0.3 is 10.1 Å². The number of rotatable bonds is 10. The summed E-state index contributed by atoms with van der Waals surface area (Å²) in [5.74, 6) is 0.643. The molecule has 2 rings (SSSR count). The molecule has 0 fully saturated rings. The molecule has 0 saturated carbocycles. The summed E-state index contributed by atoms with van der Waals surface area (Å²) >= 11 is 0. The number of para-hydroxylation sites is 1. The molecule has 0 aromatic heterocycles. The molecule has 1 amide bonds. The molecule has 4 heteroatoms. The molecule has 0 unspecified atom stereocenters. The van der Waals surface area contributed by atoms with Gasteiger partial charge in [-0.3, -0.25) is 9.59 Å². The molecule has 0 aliphatic rings. The molecule has 1 N–H and O–H groups in total. The highest BCUT2D eigenvalue weighted by Crippen LogP contribution is 2.10. The SMILES string of the molecule is CCCc1ccc(C(=O)CCC(=O)NCCOc2ccccc2)cc1.